The highest BCUT2D eigenvalue weighted by molar-refractivity contribution is 8.15. The number of phenolic OH excluding ortho intramolecular Hbond substituents is 1. The second kappa shape index (κ2) is 4.80. The Balaban J connectivity index is 2.02. The SMILES string of the molecule is O=C1CS/C(=N\N=C/c2cccc(O)c2)N1. The van der Waals surface area contributed by atoms with E-state index < -0.39 is 0 Å². The van der Waals surface area contributed by atoms with E-state index in [0.29, 0.717) is 10.9 Å². The summed E-state index contributed by atoms with van der Waals surface area (Å²) in [6, 6.07) is 6.67. The topological polar surface area (TPSA) is 74.0 Å². The van der Waals surface area contributed by atoms with Crippen molar-refractivity contribution in [2.75, 3.05) is 5.75 Å². The van der Waals surface area contributed by atoms with E-state index in [4.69, 9.17) is 0 Å². The molecule has 0 saturated carbocycles. The van der Waals surface area contributed by atoms with E-state index in [0.717, 1.165) is 5.56 Å². The number of hydrogen-bond acceptors (Lipinski definition) is 5. The Hall–Kier alpha value is -1.82. The number of hydrogen-bond donors (Lipinski definition) is 2. The first kappa shape index (κ1) is 10.7. The molecule has 1 fully saturated rings. The van der Waals surface area contributed by atoms with E-state index in [1.165, 1.54) is 18.0 Å². The second-order valence-electron chi connectivity index (χ2n) is 3.08. The van der Waals surface area contributed by atoms with Crippen molar-refractivity contribution < 1.29 is 9.90 Å². The second-order valence-corrected chi connectivity index (χ2v) is 4.05. The van der Waals surface area contributed by atoms with E-state index in [1.54, 1.807) is 24.3 Å². The van der Waals surface area contributed by atoms with Crippen LogP contribution in [0.15, 0.2) is 34.5 Å². The molecule has 0 spiro atoms. The predicted molar refractivity (Wildman–Crippen MR) is 63.7 cm³/mol. The number of amides is 1. The average Bonchev–Trinajstić information content (AvgIpc) is 2.64. The quantitative estimate of drug-likeness (QED) is 0.592. The van der Waals surface area contributed by atoms with Crippen molar-refractivity contribution >= 4 is 29.1 Å². The number of benzene rings is 1. The molecule has 6 heteroatoms. The van der Waals surface area contributed by atoms with Crippen molar-refractivity contribution in [2.24, 2.45) is 10.2 Å². The third kappa shape index (κ3) is 2.83. The van der Waals surface area contributed by atoms with Gasteiger partial charge in [0.05, 0.1) is 12.0 Å². The number of aromatic hydroxyl groups is 1. The van der Waals surface area contributed by atoms with Crippen LogP contribution in [0, 0.1) is 0 Å². The lowest BCUT2D eigenvalue weighted by Crippen LogP contribution is -2.19. The molecule has 0 bridgehead atoms. The van der Waals surface area contributed by atoms with Crippen molar-refractivity contribution in [1.82, 2.24) is 5.32 Å². The lowest BCUT2D eigenvalue weighted by molar-refractivity contribution is -0.116. The third-order valence-electron chi connectivity index (χ3n) is 1.81. The fourth-order valence-electron chi connectivity index (χ4n) is 1.13. The van der Waals surface area contributed by atoms with Crippen LogP contribution in [-0.4, -0.2) is 28.1 Å². The molecule has 1 aliphatic heterocycles. The Labute approximate surface area is 96.3 Å². The molecule has 0 aliphatic carbocycles. The molecule has 2 rings (SSSR count). The molecule has 1 heterocycles. The van der Waals surface area contributed by atoms with Crippen molar-refractivity contribution in [3.05, 3.63) is 29.8 Å². The molecule has 1 amide bonds. The fraction of sp³-hybridized carbons (Fsp3) is 0.100. The molecule has 0 unspecified atom stereocenters. The van der Waals surface area contributed by atoms with Crippen molar-refractivity contribution in [1.29, 1.82) is 0 Å². The number of nitrogens with zero attached hydrogens (tertiary/aromatic N) is 2. The summed E-state index contributed by atoms with van der Waals surface area (Å²) in [4.78, 5) is 10.8. The molecular formula is C10H9N3O2S. The van der Waals surface area contributed by atoms with Crippen molar-refractivity contribution in [3.8, 4) is 5.75 Å². The normalized spacial score (nSPS) is 18.2. The summed E-state index contributed by atoms with van der Waals surface area (Å²) in [5.41, 5.74) is 0.749. The maximum atomic E-state index is 10.8. The van der Waals surface area contributed by atoms with Gasteiger partial charge in [-0.05, 0) is 17.7 Å². The molecule has 16 heavy (non-hydrogen) atoms. The largest absolute Gasteiger partial charge is 0.508 e. The minimum atomic E-state index is -0.0590. The Bertz CT molecular complexity index is 471. The van der Waals surface area contributed by atoms with Crippen LogP contribution in [0.4, 0.5) is 0 Å². The Kier molecular flexibility index (Phi) is 3.21. The molecule has 0 aromatic heterocycles. The van der Waals surface area contributed by atoms with E-state index in [9.17, 15) is 9.90 Å². The smallest absolute Gasteiger partial charge is 0.236 e. The van der Waals surface area contributed by atoms with Crippen LogP contribution >= 0.6 is 11.8 Å². The van der Waals surface area contributed by atoms with Gasteiger partial charge < -0.3 is 10.4 Å². The number of thioether (sulfide) groups is 1. The average molecular weight is 235 g/mol. The van der Waals surface area contributed by atoms with Gasteiger partial charge in [0, 0.05) is 0 Å². The number of nitrogens with one attached hydrogen (secondary N) is 1. The standard InChI is InChI=1S/C10H9N3O2S/c14-8-3-1-2-7(4-8)5-11-13-10-12-9(15)6-16-10/h1-5,14H,6H2,(H,12,13,15)/b11-5-. The summed E-state index contributed by atoms with van der Waals surface area (Å²) in [6.07, 6.45) is 1.51. The molecule has 1 saturated heterocycles. The van der Waals surface area contributed by atoms with Gasteiger partial charge in [0.15, 0.2) is 5.17 Å². The maximum absolute atomic E-state index is 10.8. The van der Waals surface area contributed by atoms with E-state index in [1.807, 2.05) is 0 Å². The predicted octanol–water partition coefficient (Wildman–Crippen LogP) is 0.945. The number of rotatable bonds is 2. The van der Waals surface area contributed by atoms with E-state index >= 15 is 0 Å². The highest BCUT2D eigenvalue weighted by Crippen LogP contribution is 2.10. The van der Waals surface area contributed by atoms with Crippen molar-refractivity contribution in [2.45, 2.75) is 0 Å². The zero-order valence-corrected chi connectivity index (χ0v) is 9.07. The Morgan fingerprint density at radius 3 is 3.06 bits per heavy atom. The molecular weight excluding hydrogens is 226 g/mol. The Morgan fingerprint density at radius 1 is 1.50 bits per heavy atom. The van der Waals surface area contributed by atoms with Gasteiger partial charge in [0.2, 0.25) is 5.91 Å². The van der Waals surface area contributed by atoms with Crippen LogP contribution in [0.25, 0.3) is 0 Å². The number of carbonyl (C=O) groups excluding carboxylic acids is 1. The fourth-order valence-corrected chi connectivity index (χ4v) is 1.76. The first-order chi connectivity index (χ1) is 7.74. The molecule has 2 N–H and O–H groups in total. The lowest BCUT2D eigenvalue weighted by atomic mass is 10.2. The van der Waals surface area contributed by atoms with Gasteiger partial charge in [-0.3, -0.25) is 4.79 Å². The van der Waals surface area contributed by atoms with Crippen LogP contribution in [-0.2, 0) is 4.79 Å². The summed E-state index contributed by atoms with van der Waals surface area (Å²) in [5, 5.41) is 19.9. The third-order valence-corrected chi connectivity index (χ3v) is 2.68. The molecule has 5 nitrogen and oxygen atoms in total. The maximum Gasteiger partial charge on any atom is 0.236 e. The number of carbonyl (C=O) groups is 1. The van der Waals surface area contributed by atoms with Gasteiger partial charge in [-0.2, -0.15) is 5.10 Å². The number of phenols is 1. The first-order valence-corrected chi connectivity index (χ1v) is 5.55. The molecule has 1 aliphatic rings. The van der Waals surface area contributed by atoms with Crippen LogP contribution in [0.3, 0.4) is 0 Å². The lowest BCUT2D eigenvalue weighted by Gasteiger charge is -1.93. The summed E-state index contributed by atoms with van der Waals surface area (Å²) < 4.78 is 0. The highest BCUT2D eigenvalue weighted by atomic mass is 32.2. The summed E-state index contributed by atoms with van der Waals surface area (Å²) in [6.45, 7) is 0. The van der Waals surface area contributed by atoms with Crippen LogP contribution in [0.1, 0.15) is 5.56 Å². The monoisotopic (exact) mass is 235 g/mol. The zero-order chi connectivity index (χ0) is 11.4. The van der Waals surface area contributed by atoms with Gasteiger partial charge in [0.1, 0.15) is 5.75 Å². The van der Waals surface area contributed by atoms with E-state index in [2.05, 4.69) is 15.5 Å². The van der Waals surface area contributed by atoms with Gasteiger partial charge in [-0.1, -0.05) is 23.9 Å². The summed E-state index contributed by atoms with van der Waals surface area (Å²) in [5.74, 6) is 0.511. The minimum absolute atomic E-state index is 0.0590. The molecule has 0 radical (unpaired) electrons. The van der Waals surface area contributed by atoms with Crippen LogP contribution in [0.2, 0.25) is 0 Å². The Morgan fingerprint density at radius 2 is 2.38 bits per heavy atom. The first-order valence-electron chi connectivity index (χ1n) is 4.57. The van der Waals surface area contributed by atoms with Gasteiger partial charge in [-0.15, -0.1) is 5.10 Å². The van der Waals surface area contributed by atoms with E-state index in [-0.39, 0.29) is 11.7 Å². The van der Waals surface area contributed by atoms with Gasteiger partial charge in [0.25, 0.3) is 0 Å². The minimum Gasteiger partial charge on any atom is -0.508 e. The molecule has 1 aromatic rings. The van der Waals surface area contributed by atoms with Crippen LogP contribution in [0.5, 0.6) is 5.75 Å². The summed E-state index contributed by atoms with van der Waals surface area (Å²) >= 11 is 1.31. The van der Waals surface area contributed by atoms with Crippen LogP contribution < -0.4 is 5.32 Å². The molecule has 82 valence electrons. The van der Waals surface area contributed by atoms with Crippen molar-refractivity contribution in [3.63, 3.8) is 0 Å². The molecule has 1 aromatic carbocycles. The molecule has 0 atom stereocenters. The zero-order valence-electron chi connectivity index (χ0n) is 8.25. The van der Waals surface area contributed by atoms with Gasteiger partial charge >= 0.3 is 0 Å². The highest BCUT2D eigenvalue weighted by Gasteiger charge is 2.15. The number of amidine groups is 1. The summed E-state index contributed by atoms with van der Waals surface area (Å²) in [7, 11) is 0. The van der Waals surface area contributed by atoms with Gasteiger partial charge in [-0.25, -0.2) is 0 Å².